The highest BCUT2D eigenvalue weighted by Gasteiger charge is 2.37. The summed E-state index contributed by atoms with van der Waals surface area (Å²) in [6, 6.07) is 4.66. The molecule has 16 heteroatoms. The summed E-state index contributed by atoms with van der Waals surface area (Å²) in [7, 11) is 0. The van der Waals surface area contributed by atoms with Crippen LogP contribution in [0.5, 0.6) is 0 Å². The van der Waals surface area contributed by atoms with E-state index in [0.717, 1.165) is 11.6 Å². The zero-order valence-electron chi connectivity index (χ0n) is 29.0. The summed E-state index contributed by atoms with van der Waals surface area (Å²) in [5.41, 5.74) is -1.20. The number of piperidine rings is 1. The summed E-state index contributed by atoms with van der Waals surface area (Å²) in [6.45, 7) is 5.84. The van der Waals surface area contributed by atoms with Crippen molar-refractivity contribution in [2.75, 3.05) is 32.8 Å². The molecule has 2 saturated heterocycles. The van der Waals surface area contributed by atoms with Crippen LogP contribution in [0.15, 0.2) is 59.2 Å². The van der Waals surface area contributed by atoms with Gasteiger partial charge in [0, 0.05) is 31.7 Å². The Hall–Kier alpha value is -3.66. The summed E-state index contributed by atoms with van der Waals surface area (Å²) >= 11 is 6.49. The molecule has 51 heavy (non-hydrogen) atoms. The molecule has 2 aliphatic heterocycles. The maximum absolute atomic E-state index is 14.2. The number of aliphatic hydroxyl groups is 1. The van der Waals surface area contributed by atoms with Crippen molar-refractivity contribution in [2.24, 2.45) is 0 Å². The number of carbonyl (C=O) groups is 1. The second-order valence-corrected chi connectivity index (χ2v) is 12.2. The number of allylic oxidation sites excluding steroid dienone is 4. The number of benzene rings is 1. The van der Waals surface area contributed by atoms with Gasteiger partial charge in [-0.2, -0.15) is 26.3 Å². The van der Waals surface area contributed by atoms with Gasteiger partial charge in [-0.25, -0.2) is 4.98 Å². The normalized spacial score (nSPS) is 18.0. The van der Waals surface area contributed by atoms with E-state index in [4.69, 9.17) is 16.3 Å². The van der Waals surface area contributed by atoms with Gasteiger partial charge in [0.2, 0.25) is 5.91 Å². The summed E-state index contributed by atoms with van der Waals surface area (Å²) in [6.07, 6.45) is 4.10. The standard InChI is InChI=1S/C32H37ClF3N5O4.C2H6.CHF3/c1-3-5-21(4-2)6-9-28(42)39-13-10-31(44,11-14-39)19-40-20-38-29-24(30(40)43)17-27(33)41(29)22-7-8-23(25(16-22)32(34,35)36)26-18-45-15-12-37-26;1-2;2-1(3)4/h3-5,7-8,16-17,20,26,37,44H,6,9-15,18-19H2,1-2H3;1-2H3;1H/b5-3-,21-4+;;. The summed E-state index contributed by atoms with van der Waals surface area (Å²) in [4.78, 5) is 32.4. The highest BCUT2D eigenvalue weighted by atomic mass is 35.5. The molecule has 1 unspecified atom stereocenters. The van der Waals surface area contributed by atoms with Crippen LogP contribution >= 0.6 is 11.6 Å². The number of aromatic nitrogens is 3. The number of hydrogen-bond acceptors (Lipinski definition) is 6. The molecule has 2 aromatic heterocycles. The van der Waals surface area contributed by atoms with E-state index in [2.05, 4.69) is 10.3 Å². The minimum absolute atomic E-state index is 0.0159. The SMILES string of the molecule is C/C=C\C(=C/C)CCC(=O)N1CCC(O)(Cn2cnc3c(cc(Cl)n3-c3ccc(C4COCCN4)c(C(F)(F)F)c3)c2=O)CC1.CC.FC(F)F. The predicted octanol–water partition coefficient (Wildman–Crippen LogP) is 7.38. The Kier molecular flexibility index (Phi) is 15.3. The van der Waals surface area contributed by atoms with Crippen LogP contribution in [0.1, 0.15) is 70.5 Å². The topological polar surface area (TPSA) is 102 Å². The molecule has 2 aliphatic rings. The van der Waals surface area contributed by atoms with Crippen LogP contribution in [0.25, 0.3) is 16.7 Å². The number of amides is 1. The smallest absolute Gasteiger partial charge is 0.388 e. The minimum Gasteiger partial charge on any atom is -0.388 e. The van der Waals surface area contributed by atoms with Crippen molar-refractivity contribution in [3.05, 3.63) is 81.0 Å². The number of morpholine rings is 1. The molecule has 5 rings (SSSR count). The highest BCUT2D eigenvalue weighted by molar-refractivity contribution is 6.31. The molecular weight excluding hydrogens is 704 g/mol. The number of alkyl halides is 6. The first-order valence-electron chi connectivity index (χ1n) is 16.7. The number of hydrogen-bond donors (Lipinski definition) is 2. The van der Waals surface area contributed by atoms with E-state index in [1.807, 2.05) is 45.9 Å². The van der Waals surface area contributed by atoms with E-state index in [1.165, 1.54) is 33.7 Å². The molecule has 282 valence electrons. The van der Waals surface area contributed by atoms with Gasteiger partial charge in [-0.1, -0.05) is 55.3 Å². The summed E-state index contributed by atoms with van der Waals surface area (Å²) in [5, 5.41) is 14.5. The molecule has 0 aliphatic carbocycles. The lowest BCUT2D eigenvalue weighted by molar-refractivity contribution is -0.139. The van der Waals surface area contributed by atoms with Crippen LogP contribution in [0.3, 0.4) is 0 Å². The van der Waals surface area contributed by atoms with Crippen molar-refractivity contribution in [3.8, 4) is 5.69 Å². The molecule has 0 spiro atoms. The first-order chi connectivity index (χ1) is 24.2. The van der Waals surface area contributed by atoms with E-state index in [-0.39, 0.29) is 59.3 Å². The van der Waals surface area contributed by atoms with Crippen LogP contribution in [-0.4, -0.2) is 75.2 Å². The van der Waals surface area contributed by atoms with E-state index in [0.29, 0.717) is 39.1 Å². The van der Waals surface area contributed by atoms with Crippen molar-refractivity contribution >= 4 is 28.5 Å². The third-order valence-corrected chi connectivity index (χ3v) is 8.81. The number of rotatable bonds is 8. The molecule has 2 fully saturated rings. The van der Waals surface area contributed by atoms with Gasteiger partial charge in [0.25, 0.3) is 5.56 Å². The molecular formula is C35H44ClF6N5O4. The third-order valence-electron chi connectivity index (χ3n) is 8.53. The number of likely N-dealkylation sites (tertiary alicyclic amines) is 1. The average Bonchev–Trinajstić information content (AvgIpc) is 3.44. The van der Waals surface area contributed by atoms with Crippen LogP contribution in [0.4, 0.5) is 26.3 Å². The lowest BCUT2D eigenvalue weighted by Gasteiger charge is -2.38. The molecule has 3 aromatic rings. The van der Waals surface area contributed by atoms with Crippen LogP contribution in [0.2, 0.25) is 5.15 Å². The van der Waals surface area contributed by atoms with Gasteiger partial charge in [-0.3, -0.25) is 18.7 Å². The monoisotopic (exact) mass is 747 g/mol. The highest BCUT2D eigenvalue weighted by Crippen LogP contribution is 2.38. The second-order valence-electron chi connectivity index (χ2n) is 11.8. The molecule has 0 bridgehead atoms. The Bertz CT molecular complexity index is 1720. The van der Waals surface area contributed by atoms with Gasteiger partial charge < -0.3 is 20.1 Å². The fraction of sp³-hybridized carbons (Fsp3) is 0.514. The van der Waals surface area contributed by atoms with E-state index in [9.17, 15) is 41.0 Å². The number of fused-ring (bicyclic) bond motifs is 1. The molecule has 2 N–H and O–H groups in total. The third kappa shape index (κ3) is 10.9. The fourth-order valence-corrected chi connectivity index (χ4v) is 6.32. The fourth-order valence-electron chi connectivity index (χ4n) is 6.04. The molecule has 0 radical (unpaired) electrons. The first kappa shape index (κ1) is 41.8. The lowest BCUT2D eigenvalue weighted by atomic mass is 9.91. The quantitative estimate of drug-likeness (QED) is 0.184. The lowest BCUT2D eigenvalue weighted by Crippen LogP contribution is -2.49. The maximum Gasteiger partial charge on any atom is 0.416 e. The molecule has 1 aromatic carbocycles. The van der Waals surface area contributed by atoms with E-state index >= 15 is 0 Å². The van der Waals surface area contributed by atoms with Crippen LogP contribution in [-0.2, 0) is 22.3 Å². The number of nitrogens with zero attached hydrogens (tertiary/aromatic N) is 4. The molecule has 1 amide bonds. The summed E-state index contributed by atoms with van der Waals surface area (Å²) < 4.78 is 79.5. The first-order valence-corrected chi connectivity index (χ1v) is 17.0. The summed E-state index contributed by atoms with van der Waals surface area (Å²) in [5.74, 6) is 0.0159. The van der Waals surface area contributed by atoms with Gasteiger partial charge in [0.15, 0.2) is 5.65 Å². The van der Waals surface area contributed by atoms with E-state index < -0.39 is 35.6 Å². The maximum atomic E-state index is 14.2. The van der Waals surface area contributed by atoms with E-state index in [1.54, 1.807) is 4.90 Å². The Morgan fingerprint density at radius 3 is 2.39 bits per heavy atom. The Morgan fingerprint density at radius 2 is 1.82 bits per heavy atom. The van der Waals surface area contributed by atoms with Crippen molar-refractivity contribution in [2.45, 2.75) is 84.4 Å². The molecule has 9 nitrogen and oxygen atoms in total. The largest absolute Gasteiger partial charge is 0.416 e. The zero-order valence-corrected chi connectivity index (χ0v) is 29.7. The Balaban J connectivity index is 0.00000109. The van der Waals surface area contributed by atoms with Gasteiger partial charge >= 0.3 is 12.9 Å². The van der Waals surface area contributed by atoms with Crippen molar-refractivity contribution < 1.29 is 41.0 Å². The number of ether oxygens (including phenoxy) is 1. The molecule has 0 saturated carbocycles. The Morgan fingerprint density at radius 1 is 1.16 bits per heavy atom. The predicted molar refractivity (Wildman–Crippen MR) is 184 cm³/mol. The molecule has 4 heterocycles. The zero-order chi connectivity index (χ0) is 37.9. The average molecular weight is 748 g/mol. The molecule has 1 atom stereocenters. The second kappa shape index (κ2) is 18.7. The van der Waals surface area contributed by atoms with Crippen molar-refractivity contribution in [1.82, 2.24) is 24.3 Å². The van der Waals surface area contributed by atoms with Gasteiger partial charge in [0.1, 0.15) is 11.5 Å². The minimum atomic E-state index is -4.64. The van der Waals surface area contributed by atoms with Crippen molar-refractivity contribution in [3.63, 3.8) is 0 Å². The van der Waals surface area contributed by atoms with Crippen LogP contribution < -0.4 is 10.9 Å². The number of nitrogens with one attached hydrogen (secondary N) is 1. The van der Waals surface area contributed by atoms with Crippen molar-refractivity contribution in [1.29, 1.82) is 0 Å². The number of halogens is 7. The van der Waals surface area contributed by atoms with Gasteiger partial charge in [-0.05, 0) is 56.9 Å². The Labute approximate surface area is 297 Å². The van der Waals surface area contributed by atoms with Gasteiger partial charge in [0.05, 0.1) is 42.4 Å². The number of carbonyl (C=O) groups excluding carboxylic acids is 1. The van der Waals surface area contributed by atoms with Crippen LogP contribution in [0, 0.1) is 0 Å². The van der Waals surface area contributed by atoms with Gasteiger partial charge in [-0.15, -0.1) is 0 Å².